The Morgan fingerprint density at radius 1 is 0.652 bits per heavy atom. The average Bonchev–Trinajstić information content (AvgIpc) is 3.95. The predicted octanol–water partition coefficient (Wildman–Crippen LogP) is 16.3. The fourth-order valence-electron chi connectivity index (χ4n) is 9.17. The van der Waals surface area contributed by atoms with Gasteiger partial charge in [-0.15, -0.1) is 54.1 Å². The fourth-order valence-corrected chi connectivity index (χ4v) is 10.7. The maximum atomic E-state index is 9.17. The number of hydrogen-bond acceptors (Lipinski definition) is 3. The SMILES string of the molecule is CC(C)(C)c1cc(-c2ccccc2)c(-n2c(-c3[c-]ccc4c3oc3ccccc34)nc3ccccc32)c(-c2ccccc2)c1.[2H]C(C)(c1ccccc1)c1cc(-c2[c-]cccc2)ncc1[Si](C)(C)C.[Ir]. The number of furan rings is 1. The Morgan fingerprint density at radius 3 is 1.90 bits per heavy atom. The van der Waals surface area contributed by atoms with Crippen molar-refractivity contribution >= 4 is 46.2 Å². The molecule has 8 aromatic carbocycles. The van der Waals surface area contributed by atoms with Crippen LogP contribution in [-0.2, 0) is 25.5 Å². The number of nitrogens with zero attached hydrogens (tertiary/aromatic N) is 3. The van der Waals surface area contributed by atoms with Gasteiger partial charge in [0.05, 0.1) is 36.2 Å². The summed E-state index contributed by atoms with van der Waals surface area (Å²) < 4.78 is 18.0. The van der Waals surface area contributed by atoms with E-state index in [-0.39, 0.29) is 25.5 Å². The first-order valence-corrected chi connectivity index (χ1v) is 26.9. The smallest absolute Gasteiger partial charge is 0.120 e. The molecular formula is C63H55IrN3OSi-2. The van der Waals surface area contributed by atoms with E-state index in [2.05, 4.69) is 172 Å². The summed E-state index contributed by atoms with van der Waals surface area (Å²) in [7, 11) is -1.64. The standard InChI is InChI=1S/C41H31N2O.C22H24NSi.Ir/c1-41(2,3)29-25-33(27-15-6-4-7-16-27)38(34(26-29)28-17-8-5-9-18-28)43-36-23-12-11-22-35(36)42-40(43)32-21-14-20-31-30-19-10-13-24-37(30)44-39(31)32;1-17(18-11-7-5-8-12-18)20-15-21(19-13-9-6-10-14-19)23-16-22(20)24(2,3)4;/h4-20,22-26H,1-3H3;5-13,15-17H,1-4H3;/q2*-1;/i;17D;. The Bertz CT molecular complexity index is 3530. The van der Waals surface area contributed by atoms with Crippen molar-refractivity contribution in [2.24, 2.45) is 0 Å². The third-order valence-corrected chi connectivity index (χ3v) is 14.8. The number of hydrogen-bond donors (Lipinski definition) is 0. The minimum atomic E-state index is -1.64. The Labute approximate surface area is 422 Å². The van der Waals surface area contributed by atoms with Crippen molar-refractivity contribution in [3.05, 3.63) is 229 Å². The van der Waals surface area contributed by atoms with Crippen LogP contribution in [0.5, 0.6) is 0 Å². The van der Waals surface area contributed by atoms with E-state index >= 15 is 0 Å². The number of imidazole rings is 1. The van der Waals surface area contributed by atoms with Gasteiger partial charge in [-0.3, -0.25) is 4.98 Å². The molecule has 11 rings (SSSR count). The number of benzene rings is 8. The molecule has 4 nitrogen and oxygen atoms in total. The maximum Gasteiger partial charge on any atom is 0.120 e. The van der Waals surface area contributed by atoms with Gasteiger partial charge in [0, 0.05) is 50.1 Å². The second kappa shape index (κ2) is 19.6. The number of aromatic nitrogens is 3. The molecule has 1 radical (unpaired) electrons. The summed E-state index contributed by atoms with van der Waals surface area (Å²) in [6, 6.07) is 73.6. The second-order valence-electron chi connectivity index (χ2n) is 19.5. The van der Waals surface area contributed by atoms with Gasteiger partial charge in [0.25, 0.3) is 0 Å². The van der Waals surface area contributed by atoms with Gasteiger partial charge in [0.2, 0.25) is 0 Å². The molecule has 0 aliphatic carbocycles. The summed E-state index contributed by atoms with van der Waals surface area (Å²) in [6.45, 7) is 15.7. The molecule has 1 atom stereocenters. The van der Waals surface area contributed by atoms with Crippen LogP contribution in [0.4, 0.5) is 0 Å². The minimum absolute atomic E-state index is 0. The normalized spacial score (nSPS) is 12.8. The van der Waals surface area contributed by atoms with Crippen LogP contribution in [0.1, 0.15) is 51.7 Å². The van der Waals surface area contributed by atoms with Crippen LogP contribution in [0.2, 0.25) is 19.6 Å². The molecule has 0 amide bonds. The molecule has 0 aliphatic rings. The van der Waals surface area contributed by atoms with Crippen LogP contribution in [0.25, 0.3) is 83.6 Å². The molecule has 3 aromatic heterocycles. The van der Waals surface area contributed by atoms with Crippen LogP contribution in [0, 0.1) is 12.1 Å². The predicted molar refractivity (Wildman–Crippen MR) is 288 cm³/mol. The molecule has 0 saturated carbocycles. The van der Waals surface area contributed by atoms with Gasteiger partial charge in [0.15, 0.2) is 0 Å². The summed E-state index contributed by atoms with van der Waals surface area (Å²) in [5, 5.41) is 3.39. The summed E-state index contributed by atoms with van der Waals surface area (Å²) in [5.74, 6) is -0.0164. The van der Waals surface area contributed by atoms with Gasteiger partial charge in [-0.25, -0.2) is 0 Å². The summed E-state index contributed by atoms with van der Waals surface area (Å²) in [6.07, 6.45) is 1.99. The monoisotopic (exact) mass is 1090 g/mol. The molecule has 1 unspecified atom stereocenters. The molecule has 0 fully saturated rings. The minimum Gasteiger partial charge on any atom is -0.501 e. The van der Waals surface area contributed by atoms with E-state index in [1.807, 2.05) is 92.0 Å². The van der Waals surface area contributed by atoms with Gasteiger partial charge in [-0.2, -0.15) is 0 Å². The first-order chi connectivity index (χ1) is 33.3. The van der Waals surface area contributed by atoms with E-state index in [4.69, 9.17) is 14.4 Å². The molecule has 0 saturated heterocycles. The van der Waals surface area contributed by atoms with Crippen LogP contribution < -0.4 is 5.19 Å². The van der Waals surface area contributed by atoms with Gasteiger partial charge in [-0.05, 0) is 74.4 Å². The van der Waals surface area contributed by atoms with Gasteiger partial charge in [0.1, 0.15) is 5.58 Å². The van der Waals surface area contributed by atoms with Crippen molar-refractivity contribution in [2.75, 3.05) is 0 Å². The Kier molecular flexibility index (Phi) is 13.0. The van der Waals surface area contributed by atoms with E-state index in [1.165, 1.54) is 10.8 Å². The molecule has 0 N–H and O–H groups in total. The molecule has 3 heterocycles. The molecule has 0 spiro atoms. The number of para-hydroxylation sites is 3. The first kappa shape index (κ1) is 45.8. The molecule has 0 aliphatic heterocycles. The van der Waals surface area contributed by atoms with Gasteiger partial charge >= 0.3 is 0 Å². The molecule has 0 bridgehead atoms. The maximum absolute atomic E-state index is 9.17. The molecular weight excluding hydrogens is 1040 g/mol. The molecule has 11 aromatic rings. The number of fused-ring (bicyclic) bond motifs is 4. The van der Waals surface area contributed by atoms with E-state index in [0.717, 1.165) is 94.7 Å². The second-order valence-corrected chi connectivity index (χ2v) is 24.5. The number of pyridine rings is 1. The van der Waals surface area contributed by atoms with E-state index < -0.39 is 14.0 Å². The molecule has 69 heavy (non-hydrogen) atoms. The zero-order chi connectivity index (χ0) is 47.9. The van der Waals surface area contributed by atoms with E-state index in [1.54, 1.807) is 0 Å². The quantitative estimate of drug-likeness (QED) is 0.112. The van der Waals surface area contributed by atoms with Crippen molar-refractivity contribution in [3.63, 3.8) is 0 Å². The van der Waals surface area contributed by atoms with Crippen LogP contribution in [0.3, 0.4) is 0 Å². The van der Waals surface area contributed by atoms with Crippen molar-refractivity contribution in [3.8, 4) is 50.6 Å². The van der Waals surface area contributed by atoms with E-state index in [0.29, 0.717) is 0 Å². The van der Waals surface area contributed by atoms with Crippen LogP contribution >= 0.6 is 0 Å². The van der Waals surface area contributed by atoms with Gasteiger partial charge in [-0.1, -0.05) is 186 Å². The average molecular weight is 1090 g/mol. The van der Waals surface area contributed by atoms with E-state index in [9.17, 15) is 1.37 Å². The molecule has 343 valence electrons. The zero-order valence-electron chi connectivity index (χ0n) is 41.1. The van der Waals surface area contributed by atoms with Crippen LogP contribution in [-0.4, -0.2) is 22.6 Å². The third kappa shape index (κ3) is 9.45. The van der Waals surface area contributed by atoms with Crippen LogP contribution in [0.15, 0.2) is 205 Å². The van der Waals surface area contributed by atoms with Crippen molar-refractivity contribution in [1.82, 2.24) is 14.5 Å². The number of rotatable bonds is 8. The van der Waals surface area contributed by atoms with Crippen molar-refractivity contribution in [1.29, 1.82) is 0 Å². The summed E-state index contributed by atoms with van der Waals surface area (Å²) in [4.78, 5) is 10.00. The van der Waals surface area contributed by atoms with Crippen molar-refractivity contribution in [2.45, 2.75) is 58.6 Å². The fraction of sp³-hybridized carbons (Fsp3) is 0.143. The third-order valence-electron chi connectivity index (χ3n) is 12.8. The zero-order valence-corrected chi connectivity index (χ0v) is 43.5. The largest absolute Gasteiger partial charge is 0.501 e. The van der Waals surface area contributed by atoms with Gasteiger partial charge < -0.3 is 14.0 Å². The molecule has 6 heteroatoms. The first-order valence-electron chi connectivity index (χ1n) is 23.9. The Hall–Kier alpha value is -6.95. The summed E-state index contributed by atoms with van der Waals surface area (Å²) >= 11 is 0. The topological polar surface area (TPSA) is 43.9 Å². The Morgan fingerprint density at radius 2 is 1.26 bits per heavy atom. The Balaban J connectivity index is 0.000000200. The summed E-state index contributed by atoms with van der Waals surface area (Å²) in [5.41, 5.74) is 15.3. The van der Waals surface area contributed by atoms with Crippen molar-refractivity contribution < 1.29 is 25.9 Å².